The van der Waals surface area contributed by atoms with Crippen LogP contribution in [0.3, 0.4) is 0 Å². The van der Waals surface area contributed by atoms with Gasteiger partial charge in [-0.2, -0.15) is 0 Å². The molecule has 2 saturated heterocycles. The average Bonchev–Trinajstić information content (AvgIpc) is 3.10. The van der Waals surface area contributed by atoms with Crippen LogP contribution in [0.25, 0.3) is 0 Å². The normalized spacial score (nSPS) is 43.7. The van der Waals surface area contributed by atoms with Crippen molar-refractivity contribution in [2.45, 2.75) is 84.6 Å². The Balaban J connectivity index is 1.41. The summed E-state index contributed by atoms with van der Waals surface area (Å²) in [5.74, 6) is 1.40. The number of fused-ring (bicyclic) bond motifs is 2. The lowest BCUT2D eigenvalue weighted by Gasteiger charge is -2.58. The number of nitrogens with two attached hydrogens (primary N) is 1. The molecule has 5 N–H and O–H groups in total. The molecule has 182 valence electrons. The van der Waals surface area contributed by atoms with E-state index in [4.69, 9.17) is 5.73 Å². The Morgan fingerprint density at radius 2 is 2.09 bits per heavy atom. The summed E-state index contributed by atoms with van der Waals surface area (Å²) in [5.41, 5.74) is 9.71. The molecule has 0 aromatic rings. The maximum absolute atomic E-state index is 10.0. The van der Waals surface area contributed by atoms with Crippen molar-refractivity contribution in [3.05, 3.63) is 23.3 Å². The highest BCUT2D eigenvalue weighted by atomic mass is 16.3. The molecular weight excluding hydrogens is 398 g/mol. The molecule has 4 aliphatic rings. The first kappa shape index (κ1) is 24.4. The van der Waals surface area contributed by atoms with Crippen molar-refractivity contribution in [2.75, 3.05) is 33.5 Å². The molecule has 1 saturated carbocycles. The Morgan fingerprint density at radius 1 is 1.31 bits per heavy atom. The third-order valence-electron chi connectivity index (χ3n) is 9.91. The lowest BCUT2D eigenvalue weighted by molar-refractivity contribution is -0.0507. The van der Waals surface area contributed by atoms with E-state index in [9.17, 15) is 5.11 Å². The maximum Gasteiger partial charge on any atom is 0.0804 e. The van der Waals surface area contributed by atoms with Crippen molar-refractivity contribution in [1.29, 1.82) is 0 Å². The lowest BCUT2D eigenvalue weighted by Crippen LogP contribution is -2.67. The summed E-state index contributed by atoms with van der Waals surface area (Å²) in [6.45, 7) is 12.7. The second-order valence-corrected chi connectivity index (χ2v) is 11.6. The quantitative estimate of drug-likeness (QED) is 0.471. The fraction of sp³-hybridized carbons (Fsp3) is 0.846. The van der Waals surface area contributed by atoms with Gasteiger partial charge in [0.2, 0.25) is 0 Å². The number of hydrogen-bond donors (Lipinski definition) is 4. The van der Waals surface area contributed by atoms with E-state index in [0.717, 1.165) is 38.6 Å². The zero-order valence-corrected chi connectivity index (χ0v) is 21.0. The van der Waals surface area contributed by atoms with Crippen molar-refractivity contribution in [3.63, 3.8) is 0 Å². The van der Waals surface area contributed by atoms with Crippen LogP contribution in [0.4, 0.5) is 0 Å². The van der Waals surface area contributed by atoms with Gasteiger partial charge in [-0.3, -0.25) is 20.4 Å². The number of aliphatic hydroxyl groups excluding tert-OH is 1. The third-order valence-corrected chi connectivity index (χ3v) is 9.91. The summed E-state index contributed by atoms with van der Waals surface area (Å²) in [4.78, 5) is 4.87. The van der Waals surface area contributed by atoms with Gasteiger partial charge < -0.3 is 10.8 Å². The number of allylic oxidation sites excluding steroid dienone is 2. The molecule has 0 spiro atoms. The number of aliphatic hydroxyl groups is 1. The van der Waals surface area contributed by atoms with Crippen molar-refractivity contribution in [2.24, 2.45) is 28.4 Å². The van der Waals surface area contributed by atoms with Crippen LogP contribution in [-0.2, 0) is 0 Å². The minimum absolute atomic E-state index is 0.0136. The van der Waals surface area contributed by atoms with Crippen LogP contribution in [0.1, 0.15) is 66.2 Å². The molecule has 2 heterocycles. The molecule has 4 rings (SSSR count). The van der Waals surface area contributed by atoms with Gasteiger partial charge in [-0.1, -0.05) is 38.5 Å². The fourth-order valence-electron chi connectivity index (χ4n) is 7.50. The third kappa shape index (κ3) is 4.23. The minimum atomic E-state index is 0.0136. The Morgan fingerprint density at radius 3 is 2.84 bits per heavy atom. The topological polar surface area (TPSA) is 76.8 Å². The molecule has 3 fully saturated rings. The van der Waals surface area contributed by atoms with Gasteiger partial charge >= 0.3 is 0 Å². The van der Waals surface area contributed by atoms with Crippen LogP contribution < -0.4 is 16.4 Å². The van der Waals surface area contributed by atoms with E-state index in [-0.39, 0.29) is 18.2 Å². The summed E-state index contributed by atoms with van der Waals surface area (Å²) in [6.07, 6.45) is 12.4. The number of hydrogen-bond acceptors (Lipinski definition) is 6. The Kier molecular flexibility index (Phi) is 7.21. The molecule has 2 aliphatic carbocycles. The molecule has 2 aliphatic heterocycles. The number of rotatable bonds is 6. The molecule has 7 atom stereocenters. The van der Waals surface area contributed by atoms with Crippen molar-refractivity contribution >= 4 is 0 Å². The maximum atomic E-state index is 10.0. The van der Waals surface area contributed by atoms with Gasteiger partial charge in [0.1, 0.15) is 0 Å². The fourth-order valence-corrected chi connectivity index (χ4v) is 7.50. The largest absolute Gasteiger partial charge is 0.392 e. The predicted molar refractivity (Wildman–Crippen MR) is 132 cm³/mol. The summed E-state index contributed by atoms with van der Waals surface area (Å²) >= 11 is 0. The average molecular weight is 446 g/mol. The van der Waals surface area contributed by atoms with E-state index >= 15 is 0 Å². The molecule has 32 heavy (non-hydrogen) atoms. The van der Waals surface area contributed by atoms with E-state index in [1.165, 1.54) is 36.8 Å². The summed E-state index contributed by atoms with van der Waals surface area (Å²) in [5, 5.41) is 16.9. The molecule has 3 unspecified atom stereocenters. The van der Waals surface area contributed by atoms with Crippen molar-refractivity contribution in [1.82, 2.24) is 20.4 Å². The summed E-state index contributed by atoms with van der Waals surface area (Å²) in [6, 6.07) is 0.306. The summed E-state index contributed by atoms with van der Waals surface area (Å²) in [7, 11) is 2.18. The van der Waals surface area contributed by atoms with Gasteiger partial charge in [-0.25, -0.2) is 0 Å². The summed E-state index contributed by atoms with van der Waals surface area (Å²) < 4.78 is 0. The number of nitrogens with one attached hydrogen (secondary N) is 2. The highest BCUT2D eigenvalue weighted by molar-refractivity contribution is 5.23. The zero-order chi connectivity index (χ0) is 23.1. The zero-order valence-electron chi connectivity index (χ0n) is 21.0. The van der Waals surface area contributed by atoms with Gasteiger partial charge in [0.25, 0.3) is 0 Å². The van der Waals surface area contributed by atoms with E-state index in [1.54, 1.807) is 0 Å². The molecule has 0 bridgehead atoms. The SMILES string of the molecule is CC(=CCN1CN(C)C2NCNC(N)C21)CC[C@]1(C)[C@@H](C)CC[C@@]2(C)C(CO)=CCC[C@@H]12. The second-order valence-electron chi connectivity index (χ2n) is 11.6. The molecular formula is C26H47N5O. The standard InChI is InChI=1S/C26H47N5O/c1-18(11-14-31-17-30(5)24-22(31)23(27)28-16-29-24)9-12-25(3)19(2)10-13-26(4)20(15-32)7-6-8-21(25)26/h7,11,19,21-24,28-29,32H,6,8-10,12-17,27H2,1-5H3/t19-,21-,22?,23?,24?,25+,26-/m0/s1. The molecule has 0 amide bonds. The van der Waals surface area contributed by atoms with Crippen LogP contribution in [0, 0.1) is 22.7 Å². The van der Waals surface area contributed by atoms with Crippen LogP contribution in [0.15, 0.2) is 23.3 Å². The first-order valence-corrected chi connectivity index (χ1v) is 12.8. The van der Waals surface area contributed by atoms with E-state index < -0.39 is 0 Å². The van der Waals surface area contributed by atoms with Crippen LogP contribution in [0.5, 0.6) is 0 Å². The van der Waals surface area contributed by atoms with Crippen LogP contribution in [-0.4, -0.2) is 66.8 Å². The van der Waals surface area contributed by atoms with Gasteiger partial charge in [0.05, 0.1) is 31.6 Å². The van der Waals surface area contributed by atoms with Crippen LogP contribution >= 0.6 is 0 Å². The van der Waals surface area contributed by atoms with E-state index in [1.807, 2.05) is 0 Å². The van der Waals surface area contributed by atoms with Gasteiger partial charge in [0.15, 0.2) is 0 Å². The highest BCUT2D eigenvalue weighted by Gasteiger charge is 2.53. The van der Waals surface area contributed by atoms with Gasteiger partial charge in [0, 0.05) is 13.2 Å². The predicted octanol–water partition coefficient (Wildman–Crippen LogP) is 2.82. The van der Waals surface area contributed by atoms with E-state index in [2.05, 4.69) is 67.3 Å². The number of likely N-dealkylation sites (N-methyl/N-ethyl adjacent to an activating group) is 1. The first-order chi connectivity index (χ1) is 15.2. The van der Waals surface area contributed by atoms with Crippen molar-refractivity contribution in [3.8, 4) is 0 Å². The molecule has 0 aromatic carbocycles. The monoisotopic (exact) mass is 445 g/mol. The van der Waals surface area contributed by atoms with E-state index in [0.29, 0.717) is 23.5 Å². The van der Waals surface area contributed by atoms with Crippen LogP contribution in [0.2, 0.25) is 0 Å². The van der Waals surface area contributed by atoms with Gasteiger partial charge in [-0.15, -0.1) is 0 Å². The Bertz CT molecular complexity index is 738. The van der Waals surface area contributed by atoms with Crippen molar-refractivity contribution < 1.29 is 5.11 Å². The molecule has 6 nitrogen and oxygen atoms in total. The lowest BCUT2D eigenvalue weighted by atomic mass is 9.47. The molecule has 0 radical (unpaired) electrons. The molecule has 0 aromatic heterocycles. The number of nitrogens with zero attached hydrogens (tertiary/aromatic N) is 2. The highest BCUT2D eigenvalue weighted by Crippen LogP contribution is 2.61. The Labute approximate surface area is 195 Å². The smallest absolute Gasteiger partial charge is 0.0804 e. The first-order valence-electron chi connectivity index (χ1n) is 12.8. The Hall–Kier alpha value is -0.760. The second kappa shape index (κ2) is 9.47. The molecule has 6 heteroatoms. The minimum Gasteiger partial charge on any atom is -0.392 e. The van der Waals surface area contributed by atoms with Gasteiger partial charge in [-0.05, 0) is 80.7 Å².